The van der Waals surface area contributed by atoms with Crippen LogP contribution in [0.15, 0.2) is 91.0 Å². The first kappa shape index (κ1) is 29.9. The number of amides is 1. The Hall–Kier alpha value is -3.06. The summed E-state index contributed by atoms with van der Waals surface area (Å²) in [6.07, 6.45) is -0.271. The van der Waals surface area contributed by atoms with Crippen molar-refractivity contribution in [2.24, 2.45) is 11.8 Å². The van der Waals surface area contributed by atoms with Gasteiger partial charge in [-0.2, -0.15) is 0 Å². The van der Waals surface area contributed by atoms with Crippen molar-refractivity contribution in [3.63, 3.8) is 0 Å². The van der Waals surface area contributed by atoms with Crippen LogP contribution < -0.4 is 5.32 Å². The van der Waals surface area contributed by atoms with Crippen LogP contribution in [0.25, 0.3) is 0 Å². The summed E-state index contributed by atoms with van der Waals surface area (Å²) in [6.45, 7) is 14.7. The summed E-state index contributed by atoms with van der Waals surface area (Å²) < 4.78 is 13.3. The minimum atomic E-state index is -2.08. The molecular weight excluding hydrogens is 514 g/mol. The Morgan fingerprint density at radius 3 is 1.62 bits per heavy atom. The van der Waals surface area contributed by atoms with E-state index in [1.807, 2.05) is 105 Å². The van der Waals surface area contributed by atoms with Gasteiger partial charge in [-0.1, -0.05) is 119 Å². The summed E-state index contributed by atoms with van der Waals surface area (Å²) in [7, 11) is -2.08. The smallest absolute Gasteiger partial charge is 0.228 e. The van der Waals surface area contributed by atoms with Gasteiger partial charge in [0.05, 0.1) is 18.1 Å². The van der Waals surface area contributed by atoms with Crippen molar-refractivity contribution < 1.29 is 18.8 Å². The number of hydrogen-bond donors (Lipinski definition) is 1. The molecule has 0 aliphatic carbocycles. The van der Waals surface area contributed by atoms with Crippen molar-refractivity contribution in [3.8, 4) is 0 Å². The lowest BCUT2D eigenvalue weighted by molar-refractivity contribution is -0.146. The van der Waals surface area contributed by atoms with Crippen LogP contribution in [0.2, 0.25) is 18.1 Å². The molecular formula is C34H43NO4Si. The second-order valence-corrected chi connectivity index (χ2v) is 17.2. The van der Waals surface area contributed by atoms with E-state index in [9.17, 15) is 9.59 Å². The highest BCUT2D eigenvalue weighted by molar-refractivity contribution is 6.74. The van der Waals surface area contributed by atoms with E-state index in [2.05, 4.69) is 39.2 Å². The Bertz CT molecular complexity index is 1190. The van der Waals surface area contributed by atoms with Gasteiger partial charge in [-0.3, -0.25) is 9.59 Å². The van der Waals surface area contributed by atoms with Crippen LogP contribution in [0, 0.1) is 11.8 Å². The molecule has 0 spiro atoms. The second-order valence-electron chi connectivity index (χ2n) is 12.5. The third-order valence-corrected chi connectivity index (χ3v) is 13.4. The van der Waals surface area contributed by atoms with E-state index in [1.54, 1.807) is 0 Å². The number of ketones is 1. The molecule has 0 aromatic heterocycles. The van der Waals surface area contributed by atoms with Crippen molar-refractivity contribution in [2.75, 3.05) is 6.61 Å². The highest BCUT2D eigenvalue weighted by Crippen LogP contribution is 2.42. The molecule has 3 aromatic carbocycles. The zero-order valence-corrected chi connectivity index (χ0v) is 25.8. The molecule has 1 saturated heterocycles. The van der Waals surface area contributed by atoms with Crippen molar-refractivity contribution in [2.45, 2.75) is 70.5 Å². The molecule has 0 bridgehead atoms. The molecule has 0 radical (unpaired) electrons. The van der Waals surface area contributed by atoms with Gasteiger partial charge in [0.2, 0.25) is 5.91 Å². The van der Waals surface area contributed by atoms with Crippen LogP contribution in [0.5, 0.6) is 0 Å². The number of carbonyl (C=O) groups excluding carboxylic acids is 2. The summed E-state index contributed by atoms with van der Waals surface area (Å²) in [5.41, 5.74) is 1.86. The minimum Gasteiger partial charge on any atom is -0.413 e. The van der Waals surface area contributed by atoms with Gasteiger partial charge in [0.15, 0.2) is 14.1 Å². The molecule has 1 amide bonds. The van der Waals surface area contributed by atoms with Crippen LogP contribution in [-0.4, -0.2) is 38.8 Å². The van der Waals surface area contributed by atoms with Gasteiger partial charge in [-0.15, -0.1) is 0 Å². The van der Waals surface area contributed by atoms with Gasteiger partial charge in [0.1, 0.15) is 12.2 Å². The molecule has 1 N–H and O–H groups in total. The number of nitrogens with one attached hydrogen (secondary N) is 1. The molecule has 1 aliphatic rings. The quantitative estimate of drug-likeness (QED) is 0.161. The molecule has 1 aliphatic heterocycles. The van der Waals surface area contributed by atoms with Gasteiger partial charge in [-0.25, -0.2) is 0 Å². The Balaban J connectivity index is 1.59. The Morgan fingerprint density at radius 1 is 0.825 bits per heavy atom. The Morgan fingerprint density at radius 2 is 1.25 bits per heavy atom. The fourth-order valence-electron chi connectivity index (χ4n) is 5.35. The van der Waals surface area contributed by atoms with Crippen LogP contribution in [0.4, 0.5) is 0 Å². The van der Waals surface area contributed by atoms with E-state index in [4.69, 9.17) is 9.16 Å². The number of Topliss-reactive ketones (excluding diaryl/α,β-unsaturated/α-hetero) is 1. The molecule has 6 heteroatoms. The lowest BCUT2D eigenvalue weighted by Crippen LogP contribution is -2.67. The van der Waals surface area contributed by atoms with Crippen molar-refractivity contribution in [1.82, 2.24) is 5.32 Å². The lowest BCUT2D eigenvalue weighted by Gasteiger charge is -2.47. The number of carbonyl (C=O) groups is 2. The maximum atomic E-state index is 13.7. The topological polar surface area (TPSA) is 64.6 Å². The third kappa shape index (κ3) is 5.85. The molecule has 4 rings (SSSR count). The maximum Gasteiger partial charge on any atom is 0.228 e. The van der Waals surface area contributed by atoms with E-state index in [0.717, 1.165) is 16.7 Å². The normalized spacial score (nSPS) is 19.3. The fourth-order valence-corrected chi connectivity index (χ4v) is 6.78. The summed E-state index contributed by atoms with van der Waals surface area (Å²) in [4.78, 5) is 26.4. The highest BCUT2D eigenvalue weighted by Gasteiger charge is 2.50. The van der Waals surface area contributed by atoms with E-state index in [1.165, 1.54) is 0 Å². The Kier molecular flexibility index (Phi) is 8.83. The Labute approximate surface area is 240 Å². The molecule has 1 heterocycles. The van der Waals surface area contributed by atoms with Crippen LogP contribution in [0.3, 0.4) is 0 Å². The summed E-state index contributed by atoms with van der Waals surface area (Å²) in [6, 6.07) is 29.8. The van der Waals surface area contributed by atoms with E-state index >= 15 is 0 Å². The molecule has 4 atom stereocenters. The average Bonchev–Trinajstić information content (AvgIpc) is 2.92. The molecule has 3 aromatic rings. The SMILES string of the molecule is C[C@@H](O[Si](C)(C)C(C)(C)C)[C@H]1C(=O)N[C@@H]1[C@@H](C)C(=O)COC(c1ccccc1)(c1ccccc1)c1ccccc1. The largest absolute Gasteiger partial charge is 0.413 e. The standard InChI is InChI=1S/C34H43NO4Si/c1-24(31-30(32(37)35-31)25(2)39-40(6,7)33(3,4)5)29(36)23-38-34(26-17-11-8-12-18-26,27-19-13-9-14-20-27)28-21-15-10-16-22-28/h8-22,24-25,30-31H,23H2,1-7H3,(H,35,37)/t24-,25+,30+,31+/m0/s1. The molecule has 0 unspecified atom stereocenters. The van der Waals surface area contributed by atoms with E-state index in [0.29, 0.717) is 0 Å². The van der Waals surface area contributed by atoms with E-state index in [-0.39, 0.29) is 41.4 Å². The van der Waals surface area contributed by atoms with Gasteiger partial charge in [0, 0.05) is 5.92 Å². The van der Waals surface area contributed by atoms with E-state index < -0.39 is 19.8 Å². The van der Waals surface area contributed by atoms with Gasteiger partial charge < -0.3 is 14.5 Å². The number of hydrogen-bond acceptors (Lipinski definition) is 4. The first-order chi connectivity index (χ1) is 18.9. The lowest BCUT2D eigenvalue weighted by atomic mass is 9.77. The predicted molar refractivity (Wildman–Crippen MR) is 162 cm³/mol. The molecule has 40 heavy (non-hydrogen) atoms. The van der Waals surface area contributed by atoms with Crippen molar-refractivity contribution in [3.05, 3.63) is 108 Å². The van der Waals surface area contributed by atoms with Crippen molar-refractivity contribution in [1.29, 1.82) is 0 Å². The molecule has 5 nitrogen and oxygen atoms in total. The van der Waals surface area contributed by atoms with Crippen LogP contribution in [-0.2, 0) is 24.4 Å². The molecule has 0 saturated carbocycles. The monoisotopic (exact) mass is 557 g/mol. The zero-order chi connectivity index (χ0) is 29.1. The van der Waals surface area contributed by atoms with Crippen molar-refractivity contribution >= 4 is 20.0 Å². The summed E-state index contributed by atoms with van der Waals surface area (Å²) in [5, 5.41) is 3.02. The minimum absolute atomic E-state index is 0.0297. The fraction of sp³-hybridized carbons (Fsp3) is 0.412. The highest BCUT2D eigenvalue weighted by atomic mass is 28.4. The average molecular weight is 558 g/mol. The molecule has 212 valence electrons. The zero-order valence-electron chi connectivity index (χ0n) is 24.8. The maximum absolute atomic E-state index is 13.7. The second kappa shape index (κ2) is 11.8. The first-order valence-corrected chi connectivity index (χ1v) is 17.1. The third-order valence-electron chi connectivity index (χ3n) is 8.81. The van der Waals surface area contributed by atoms with Crippen LogP contribution >= 0.6 is 0 Å². The van der Waals surface area contributed by atoms with Gasteiger partial charge in [-0.05, 0) is 41.7 Å². The number of β-lactam (4-membered cyclic amide) rings is 1. The summed E-state index contributed by atoms with van der Waals surface area (Å²) in [5.74, 6) is -0.894. The van der Waals surface area contributed by atoms with Gasteiger partial charge >= 0.3 is 0 Å². The number of ether oxygens (including phenoxy) is 1. The predicted octanol–water partition coefficient (Wildman–Crippen LogP) is 6.73. The summed E-state index contributed by atoms with van der Waals surface area (Å²) >= 11 is 0. The number of rotatable bonds is 11. The van der Waals surface area contributed by atoms with Gasteiger partial charge in [0.25, 0.3) is 0 Å². The molecule has 1 fully saturated rings. The van der Waals surface area contributed by atoms with Crippen LogP contribution in [0.1, 0.15) is 51.3 Å². The number of benzene rings is 3. The first-order valence-electron chi connectivity index (χ1n) is 14.2.